The van der Waals surface area contributed by atoms with Gasteiger partial charge in [0.05, 0.1) is 13.2 Å². The fourth-order valence-corrected chi connectivity index (χ4v) is 2.34. The Morgan fingerprint density at radius 1 is 1.20 bits per heavy atom. The number of halogens is 1. The predicted molar refractivity (Wildman–Crippen MR) is 78.1 cm³/mol. The fraction of sp³-hybridized carbons (Fsp3) is 0.600. The molecule has 0 aliphatic rings. The summed E-state index contributed by atoms with van der Waals surface area (Å²) in [6, 6.07) is 6.42. The van der Waals surface area contributed by atoms with E-state index in [1.807, 2.05) is 13.0 Å². The lowest BCUT2D eigenvalue weighted by atomic mass is 9.99. The molecule has 0 amide bonds. The van der Waals surface area contributed by atoms with E-state index in [-0.39, 0.29) is 17.9 Å². The Morgan fingerprint density at radius 3 is 2.25 bits per heavy atom. The van der Waals surface area contributed by atoms with Crippen LogP contribution in [0.1, 0.15) is 18.5 Å². The number of hydrogen-bond donors (Lipinski definition) is 1. The topological polar surface area (TPSA) is 47.7 Å². The maximum absolute atomic E-state index is 13.4. The first-order valence-corrected chi connectivity index (χ1v) is 6.83. The molecule has 20 heavy (non-hydrogen) atoms. The molecule has 1 rings (SSSR count). The van der Waals surface area contributed by atoms with Gasteiger partial charge in [-0.15, -0.1) is 0 Å². The summed E-state index contributed by atoms with van der Waals surface area (Å²) in [5.74, 6) is -0.244. The Morgan fingerprint density at radius 2 is 1.80 bits per heavy atom. The minimum absolute atomic E-state index is 0.0593. The van der Waals surface area contributed by atoms with Crippen molar-refractivity contribution in [3.63, 3.8) is 0 Å². The SMILES string of the molecule is COCCN(CCOC)C(c1cccc(F)c1)C(C)N. The predicted octanol–water partition coefficient (Wildman–Crippen LogP) is 1.81. The highest BCUT2D eigenvalue weighted by molar-refractivity contribution is 5.21. The van der Waals surface area contributed by atoms with Gasteiger partial charge in [-0.3, -0.25) is 4.90 Å². The van der Waals surface area contributed by atoms with Crippen LogP contribution >= 0.6 is 0 Å². The van der Waals surface area contributed by atoms with Gasteiger partial charge in [-0.25, -0.2) is 4.39 Å². The van der Waals surface area contributed by atoms with Crippen LogP contribution in [0.25, 0.3) is 0 Å². The molecule has 0 aromatic heterocycles. The zero-order valence-corrected chi connectivity index (χ0v) is 12.5. The van der Waals surface area contributed by atoms with E-state index in [0.29, 0.717) is 13.2 Å². The van der Waals surface area contributed by atoms with E-state index in [0.717, 1.165) is 18.7 Å². The minimum atomic E-state index is -0.244. The molecule has 1 aromatic carbocycles. The highest BCUT2D eigenvalue weighted by Gasteiger charge is 2.24. The number of rotatable bonds is 9. The number of hydrogen-bond acceptors (Lipinski definition) is 4. The summed E-state index contributed by atoms with van der Waals surface area (Å²) in [6.07, 6.45) is 0. The molecule has 0 radical (unpaired) electrons. The van der Waals surface area contributed by atoms with Crippen LogP contribution in [-0.4, -0.2) is 51.5 Å². The molecule has 0 saturated carbocycles. The van der Waals surface area contributed by atoms with Crippen LogP contribution in [0.4, 0.5) is 4.39 Å². The van der Waals surface area contributed by atoms with Crippen LogP contribution < -0.4 is 5.73 Å². The normalized spacial score (nSPS) is 14.5. The Kier molecular flexibility index (Phi) is 7.69. The molecular weight excluding hydrogens is 259 g/mol. The van der Waals surface area contributed by atoms with Crippen molar-refractivity contribution in [2.45, 2.75) is 19.0 Å². The Balaban J connectivity index is 2.93. The third-order valence-electron chi connectivity index (χ3n) is 3.25. The van der Waals surface area contributed by atoms with Crippen LogP contribution in [-0.2, 0) is 9.47 Å². The molecule has 114 valence electrons. The third-order valence-corrected chi connectivity index (χ3v) is 3.25. The molecule has 1 aromatic rings. The maximum Gasteiger partial charge on any atom is 0.123 e. The smallest absolute Gasteiger partial charge is 0.123 e. The second-order valence-corrected chi connectivity index (χ2v) is 4.88. The van der Waals surface area contributed by atoms with Crippen LogP contribution in [0.3, 0.4) is 0 Å². The second-order valence-electron chi connectivity index (χ2n) is 4.88. The summed E-state index contributed by atoms with van der Waals surface area (Å²) in [5, 5.41) is 0. The van der Waals surface area contributed by atoms with Crippen molar-refractivity contribution in [1.82, 2.24) is 4.90 Å². The lowest BCUT2D eigenvalue weighted by molar-refractivity contribution is 0.0800. The minimum Gasteiger partial charge on any atom is -0.383 e. The van der Waals surface area contributed by atoms with Crippen LogP contribution in [0, 0.1) is 5.82 Å². The molecule has 0 heterocycles. The molecule has 5 heteroatoms. The lowest BCUT2D eigenvalue weighted by Gasteiger charge is -2.34. The number of nitrogens with two attached hydrogens (primary N) is 1. The van der Waals surface area contributed by atoms with E-state index in [2.05, 4.69) is 4.90 Å². The van der Waals surface area contributed by atoms with E-state index in [1.54, 1.807) is 26.4 Å². The third kappa shape index (κ3) is 5.17. The maximum atomic E-state index is 13.4. The average molecular weight is 284 g/mol. The fourth-order valence-electron chi connectivity index (χ4n) is 2.34. The van der Waals surface area contributed by atoms with Gasteiger partial charge in [-0.1, -0.05) is 12.1 Å². The van der Waals surface area contributed by atoms with Gasteiger partial charge in [0.1, 0.15) is 5.82 Å². The first kappa shape index (κ1) is 17.0. The molecule has 0 saturated heterocycles. The number of ether oxygens (including phenoxy) is 2. The Bertz CT molecular complexity index is 380. The Hall–Kier alpha value is -1.01. The largest absolute Gasteiger partial charge is 0.383 e. The van der Waals surface area contributed by atoms with Gasteiger partial charge in [0, 0.05) is 39.4 Å². The van der Waals surface area contributed by atoms with Crippen LogP contribution in [0.2, 0.25) is 0 Å². The number of methoxy groups -OCH3 is 2. The summed E-state index contributed by atoms with van der Waals surface area (Å²) in [7, 11) is 3.33. The molecule has 4 nitrogen and oxygen atoms in total. The van der Waals surface area contributed by atoms with Gasteiger partial charge >= 0.3 is 0 Å². The molecule has 2 atom stereocenters. The first-order valence-electron chi connectivity index (χ1n) is 6.83. The van der Waals surface area contributed by atoms with Crippen LogP contribution in [0.15, 0.2) is 24.3 Å². The van der Waals surface area contributed by atoms with Crippen molar-refractivity contribution in [3.05, 3.63) is 35.6 Å². The van der Waals surface area contributed by atoms with Crippen molar-refractivity contribution in [3.8, 4) is 0 Å². The van der Waals surface area contributed by atoms with E-state index in [4.69, 9.17) is 15.2 Å². The summed E-state index contributed by atoms with van der Waals surface area (Å²) in [4.78, 5) is 2.17. The standard InChI is InChI=1S/C15H25FN2O2/c1-12(17)15(13-5-4-6-14(16)11-13)18(7-9-19-2)8-10-20-3/h4-6,11-12,15H,7-10,17H2,1-3H3. The van der Waals surface area contributed by atoms with Crippen molar-refractivity contribution < 1.29 is 13.9 Å². The van der Waals surface area contributed by atoms with Gasteiger partial charge in [-0.2, -0.15) is 0 Å². The molecule has 0 fully saturated rings. The molecule has 0 aliphatic heterocycles. The van der Waals surface area contributed by atoms with Crippen LogP contribution in [0.5, 0.6) is 0 Å². The summed E-state index contributed by atoms with van der Waals surface area (Å²) in [6.45, 7) is 4.58. The zero-order chi connectivity index (χ0) is 15.0. The van der Waals surface area contributed by atoms with Gasteiger partial charge in [0.15, 0.2) is 0 Å². The molecule has 0 aliphatic carbocycles. The van der Waals surface area contributed by atoms with Crippen molar-refractivity contribution in [2.24, 2.45) is 5.73 Å². The van der Waals surface area contributed by atoms with E-state index in [1.165, 1.54) is 6.07 Å². The van der Waals surface area contributed by atoms with Gasteiger partial charge in [0.2, 0.25) is 0 Å². The quantitative estimate of drug-likeness (QED) is 0.751. The van der Waals surface area contributed by atoms with Gasteiger partial charge in [-0.05, 0) is 24.6 Å². The van der Waals surface area contributed by atoms with Crippen molar-refractivity contribution >= 4 is 0 Å². The van der Waals surface area contributed by atoms with Gasteiger partial charge < -0.3 is 15.2 Å². The summed E-state index contributed by atoms with van der Waals surface area (Å²) >= 11 is 0. The molecule has 0 bridgehead atoms. The molecule has 0 spiro atoms. The number of benzene rings is 1. The second kappa shape index (κ2) is 9.02. The van der Waals surface area contributed by atoms with E-state index < -0.39 is 0 Å². The number of nitrogens with zero attached hydrogens (tertiary/aromatic N) is 1. The Labute approximate surface area is 120 Å². The summed E-state index contributed by atoms with van der Waals surface area (Å²) < 4.78 is 23.7. The zero-order valence-electron chi connectivity index (χ0n) is 12.5. The molecular formula is C15H25FN2O2. The van der Waals surface area contributed by atoms with Crippen molar-refractivity contribution in [1.29, 1.82) is 0 Å². The first-order chi connectivity index (χ1) is 9.60. The van der Waals surface area contributed by atoms with Crippen molar-refractivity contribution in [2.75, 3.05) is 40.5 Å². The van der Waals surface area contributed by atoms with Gasteiger partial charge in [0.25, 0.3) is 0 Å². The highest BCUT2D eigenvalue weighted by atomic mass is 19.1. The van der Waals surface area contributed by atoms with E-state index in [9.17, 15) is 4.39 Å². The average Bonchev–Trinajstić information content (AvgIpc) is 2.41. The molecule has 2 unspecified atom stereocenters. The lowest BCUT2D eigenvalue weighted by Crippen LogP contribution is -2.42. The molecule has 2 N–H and O–H groups in total. The monoisotopic (exact) mass is 284 g/mol. The highest BCUT2D eigenvalue weighted by Crippen LogP contribution is 2.24. The summed E-state index contributed by atoms with van der Waals surface area (Å²) in [5.41, 5.74) is 7.00. The van der Waals surface area contributed by atoms with E-state index >= 15 is 0 Å².